The van der Waals surface area contributed by atoms with E-state index in [0.29, 0.717) is 19.4 Å². The van der Waals surface area contributed by atoms with Gasteiger partial charge in [0.2, 0.25) is 0 Å². The molecule has 0 aromatic heterocycles. The number of hydrogen-bond donors (Lipinski definition) is 2. The standard InChI is InChI=1S/C26H29F2N3O5/c1-35-23(32)26(18-5-3-2-4-6-18)11-9-19(10-12-26)29-13-14-30-24(33)31-22(16-36-25(31)34)17-7-8-20(27)21(28)15-17/h2-8,15,19,22,29H,9-14,16H2,1H3,(H,30,33). The second-order valence-corrected chi connectivity index (χ2v) is 9.04. The van der Waals surface area contributed by atoms with Crippen molar-refractivity contribution >= 4 is 18.1 Å². The van der Waals surface area contributed by atoms with Crippen LogP contribution in [0.15, 0.2) is 48.5 Å². The maximum absolute atomic E-state index is 13.6. The van der Waals surface area contributed by atoms with E-state index in [1.54, 1.807) is 0 Å². The minimum Gasteiger partial charge on any atom is -0.468 e. The van der Waals surface area contributed by atoms with Gasteiger partial charge < -0.3 is 20.1 Å². The van der Waals surface area contributed by atoms with Crippen molar-refractivity contribution in [3.05, 3.63) is 71.3 Å². The minimum absolute atomic E-state index is 0.138. The van der Waals surface area contributed by atoms with E-state index in [1.165, 1.54) is 13.2 Å². The minimum atomic E-state index is -1.06. The maximum Gasteiger partial charge on any atom is 0.418 e. The predicted octanol–water partition coefficient (Wildman–Crippen LogP) is 3.81. The molecule has 4 rings (SSSR count). The molecule has 2 fully saturated rings. The number of urea groups is 1. The molecule has 1 saturated carbocycles. The number of imide groups is 1. The van der Waals surface area contributed by atoms with Crippen LogP contribution in [0.3, 0.4) is 0 Å². The van der Waals surface area contributed by atoms with Gasteiger partial charge in [0, 0.05) is 19.1 Å². The van der Waals surface area contributed by atoms with Crippen LogP contribution in [-0.4, -0.2) is 55.8 Å². The molecule has 1 saturated heterocycles. The number of amides is 3. The third kappa shape index (κ3) is 5.18. The lowest BCUT2D eigenvalue weighted by atomic mass is 9.68. The van der Waals surface area contributed by atoms with Gasteiger partial charge in [0.15, 0.2) is 11.6 Å². The van der Waals surface area contributed by atoms with Crippen LogP contribution in [0.1, 0.15) is 42.9 Å². The second-order valence-electron chi connectivity index (χ2n) is 9.04. The van der Waals surface area contributed by atoms with E-state index in [9.17, 15) is 23.2 Å². The number of ether oxygens (including phenoxy) is 2. The number of hydrogen-bond acceptors (Lipinski definition) is 6. The highest BCUT2D eigenvalue weighted by molar-refractivity contribution is 5.92. The molecule has 1 heterocycles. The Morgan fingerprint density at radius 3 is 2.47 bits per heavy atom. The normalized spacial score (nSPS) is 23.8. The summed E-state index contributed by atoms with van der Waals surface area (Å²) in [6.07, 6.45) is 1.96. The number of halogens is 2. The van der Waals surface area contributed by atoms with Crippen molar-refractivity contribution in [2.24, 2.45) is 0 Å². The quantitative estimate of drug-likeness (QED) is 0.443. The molecule has 1 unspecified atom stereocenters. The summed E-state index contributed by atoms with van der Waals surface area (Å²) in [5.74, 6) is -2.30. The van der Waals surface area contributed by atoms with Gasteiger partial charge in [-0.05, 0) is 48.9 Å². The SMILES string of the molecule is COC(=O)C1(c2ccccc2)CCC(NCCNC(=O)N2C(=O)OCC2c2ccc(F)c(F)c2)CC1. The van der Waals surface area contributed by atoms with Crippen LogP contribution >= 0.6 is 0 Å². The van der Waals surface area contributed by atoms with Crippen molar-refractivity contribution in [2.45, 2.75) is 43.2 Å². The Morgan fingerprint density at radius 1 is 1.08 bits per heavy atom. The van der Waals surface area contributed by atoms with Gasteiger partial charge >= 0.3 is 18.1 Å². The molecule has 1 atom stereocenters. The summed E-state index contributed by atoms with van der Waals surface area (Å²) < 4.78 is 37.0. The van der Waals surface area contributed by atoms with Gasteiger partial charge in [0.05, 0.1) is 12.5 Å². The second kappa shape index (κ2) is 11.0. The summed E-state index contributed by atoms with van der Waals surface area (Å²) in [6, 6.07) is 11.5. The number of nitrogens with zero attached hydrogens (tertiary/aromatic N) is 1. The number of methoxy groups -OCH3 is 1. The van der Waals surface area contributed by atoms with Gasteiger partial charge in [0.1, 0.15) is 12.6 Å². The molecule has 3 amide bonds. The van der Waals surface area contributed by atoms with Gasteiger partial charge in [-0.3, -0.25) is 4.79 Å². The fraction of sp³-hybridized carbons (Fsp3) is 0.423. The molecule has 1 aliphatic carbocycles. The Hall–Kier alpha value is -3.53. The Kier molecular flexibility index (Phi) is 7.83. The molecule has 2 N–H and O–H groups in total. The lowest BCUT2D eigenvalue weighted by molar-refractivity contribution is -0.149. The summed E-state index contributed by atoms with van der Waals surface area (Å²) >= 11 is 0. The lowest BCUT2D eigenvalue weighted by Crippen LogP contribution is -2.47. The number of benzene rings is 2. The highest BCUT2D eigenvalue weighted by Gasteiger charge is 2.44. The summed E-state index contributed by atoms with van der Waals surface area (Å²) in [6.45, 7) is 0.553. The van der Waals surface area contributed by atoms with Crippen LogP contribution < -0.4 is 10.6 Å². The first kappa shape index (κ1) is 25.6. The summed E-state index contributed by atoms with van der Waals surface area (Å²) in [5.41, 5.74) is 0.561. The molecule has 2 aromatic rings. The Bertz CT molecular complexity index is 1110. The zero-order chi connectivity index (χ0) is 25.7. The molecule has 2 aliphatic rings. The Morgan fingerprint density at radius 2 is 1.81 bits per heavy atom. The average Bonchev–Trinajstić information content (AvgIpc) is 3.30. The molecule has 8 nitrogen and oxygen atoms in total. The molecule has 192 valence electrons. The fourth-order valence-electron chi connectivity index (χ4n) is 5.02. The van der Waals surface area contributed by atoms with Crippen LogP contribution in [0.4, 0.5) is 18.4 Å². The van der Waals surface area contributed by atoms with Crippen molar-refractivity contribution < 1.29 is 32.6 Å². The van der Waals surface area contributed by atoms with Crippen molar-refractivity contribution in [3.8, 4) is 0 Å². The molecular weight excluding hydrogens is 472 g/mol. The largest absolute Gasteiger partial charge is 0.468 e. The third-order valence-corrected chi connectivity index (χ3v) is 7.00. The number of nitrogens with one attached hydrogen (secondary N) is 2. The number of carbonyl (C=O) groups is 3. The maximum atomic E-state index is 13.6. The Balaban J connectivity index is 1.27. The van der Waals surface area contributed by atoms with Gasteiger partial charge in [-0.25, -0.2) is 23.3 Å². The zero-order valence-electron chi connectivity index (χ0n) is 20.0. The van der Waals surface area contributed by atoms with Gasteiger partial charge in [0.25, 0.3) is 0 Å². The van der Waals surface area contributed by atoms with Gasteiger partial charge in [-0.1, -0.05) is 36.4 Å². The van der Waals surface area contributed by atoms with Crippen molar-refractivity contribution in [2.75, 3.05) is 26.8 Å². The highest BCUT2D eigenvalue weighted by atomic mass is 19.2. The van der Waals surface area contributed by atoms with Gasteiger partial charge in [-0.15, -0.1) is 0 Å². The summed E-state index contributed by atoms with van der Waals surface area (Å²) in [5, 5.41) is 6.06. The van der Waals surface area contributed by atoms with E-state index in [-0.39, 0.29) is 30.7 Å². The van der Waals surface area contributed by atoms with Gasteiger partial charge in [-0.2, -0.15) is 0 Å². The first-order chi connectivity index (χ1) is 17.4. The molecule has 10 heteroatoms. The monoisotopic (exact) mass is 501 g/mol. The number of carbonyl (C=O) groups excluding carboxylic acids is 3. The topological polar surface area (TPSA) is 97.0 Å². The smallest absolute Gasteiger partial charge is 0.418 e. The Labute approximate surface area is 207 Å². The molecule has 0 radical (unpaired) electrons. The van der Waals surface area contributed by atoms with E-state index >= 15 is 0 Å². The zero-order valence-corrected chi connectivity index (χ0v) is 20.0. The van der Waals surface area contributed by atoms with Crippen LogP contribution in [0.25, 0.3) is 0 Å². The first-order valence-corrected chi connectivity index (χ1v) is 11.9. The molecule has 1 aliphatic heterocycles. The summed E-state index contributed by atoms with van der Waals surface area (Å²) in [4.78, 5) is 38.3. The molecule has 36 heavy (non-hydrogen) atoms. The van der Waals surface area contributed by atoms with E-state index in [2.05, 4.69) is 10.6 Å². The van der Waals surface area contributed by atoms with Crippen molar-refractivity contribution in [3.63, 3.8) is 0 Å². The van der Waals surface area contributed by atoms with Crippen LogP contribution in [-0.2, 0) is 19.7 Å². The number of esters is 1. The highest BCUT2D eigenvalue weighted by Crippen LogP contribution is 2.40. The molecule has 0 spiro atoms. The fourth-order valence-corrected chi connectivity index (χ4v) is 5.02. The van der Waals surface area contributed by atoms with E-state index in [1.807, 2.05) is 30.3 Å². The third-order valence-electron chi connectivity index (χ3n) is 7.00. The molecular formula is C26H29F2N3O5. The average molecular weight is 502 g/mol. The predicted molar refractivity (Wildman–Crippen MR) is 126 cm³/mol. The van der Waals surface area contributed by atoms with E-state index in [4.69, 9.17) is 9.47 Å². The summed E-state index contributed by atoms with van der Waals surface area (Å²) in [7, 11) is 1.41. The lowest BCUT2D eigenvalue weighted by Gasteiger charge is -2.38. The molecule has 2 aromatic carbocycles. The van der Waals surface area contributed by atoms with E-state index < -0.39 is 35.2 Å². The first-order valence-electron chi connectivity index (χ1n) is 11.9. The van der Waals surface area contributed by atoms with Crippen LogP contribution in [0.5, 0.6) is 0 Å². The number of cyclic esters (lactones) is 1. The van der Waals surface area contributed by atoms with Crippen molar-refractivity contribution in [1.29, 1.82) is 0 Å². The van der Waals surface area contributed by atoms with E-state index in [0.717, 1.165) is 35.4 Å². The molecule has 0 bridgehead atoms. The van der Waals surface area contributed by atoms with Crippen molar-refractivity contribution in [1.82, 2.24) is 15.5 Å². The van der Waals surface area contributed by atoms with Crippen LogP contribution in [0.2, 0.25) is 0 Å². The number of rotatable bonds is 7. The van der Waals surface area contributed by atoms with Crippen LogP contribution in [0, 0.1) is 11.6 Å².